The topological polar surface area (TPSA) is 91.2 Å². The van der Waals surface area contributed by atoms with Crippen LogP contribution in [-0.2, 0) is 11.2 Å². The van der Waals surface area contributed by atoms with E-state index in [4.69, 9.17) is 9.47 Å². The van der Waals surface area contributed by atoms with Crippen LogP contribution in [0.4, 0.5) is 0 Å². The van der Waals surface area contributed by atoms with E-state index in [-0.39, 0.29) is 11.2 Å². The van der Waals surface area contributed by atoms with Crippen molar-refractivity contribution in [2.75, 3.05) is 20.8 Å². The lowest BCUT2D eigenvalue weighted by Gasteiger charge is -2.12. The van der Waals surface area contributed by atoms with E-state index in [1.54, 1.807) is 18.9 Å². The van der Waals surface area contributed by atoms with E-state index in [1.807, 2.05) is 55.5 Å². The number of thioether (sulfide) groups is 1. The highest BCUT2D eigenvalue weighted by Crippen LogP contribution is 2.27. The van der Waals surface area contributed by atoms with Crippen molar-refractivity contribution in [3.05, 3.63) is 54.1 Å². The number of aromatic nitrogens is 4. The molecule has 0 aliphatic heterocycles. The zero-order chi connectivity index (χ0) is 20.6. The number of ether oxygens (including phenoxy) is 2. The predicted molar refractivity (Wildman–Crippen MR) is 111 cm³/mol. The molecule has 0 spiro atoms. The van der Waals surface area contributed by atoms with Crippen molar-refractivity contribution >= 4 is 17.7 Å². The van der Waals surface area contributed by atoms with Gasteiger partial charge in [-0.2, -0.15) is 4.68 Å². The minimum Gasteiger partial charge on any atom is -0.493 e. The second kappa shape index (κ2) is 9.92. The van der Waals surface area contributed by atoms with Crippen molar-refractivity contribution in [3.8, 4) is 17.2 Å². The SMILES string of the molecule is COc1ccc(CCNC(=O)[C@@H](C)Sc2nnnn2-c2ccccc2)cc1OC. The third-order valence-electron chi connectivity index (χ3n) is 4.25. The van der Waals surface area contributed by atoms with Crippen LogP contribution in [0.1, 0.15) is 12.5 Å². The highest BCUT2D eigenvalue weighted by molar-refractivity contribution is 8.00. The lowest BCUT2D eigenvalue weighted by molar-refractivity contribution is -0.120. The Morgan fingerprint density at radius 2 is 1.90 bits per heavy atom. The van der Waals surface area contributed by atoms with Gasteiger partial charge in [-0.15, -0.1) is 5.10 Å². The molecule has 152 valence electrons. The van der Waals surface area contributed by atoms with Crippen LogP contribution in [0.3, 0.4) is 0 Å². The zero-order valence-electron chi connectivity index (χ0n) is 16.5. The van der Waals surface area contributed by atoms with Gasteiger partial charge in [-0.1, -0.05) is 36.0 Å². The molecule has 1 amide bonds. The molecule has 2 aromatic carbocycles. The maximum atomic E-state index is 12.5. The zero-order valence-corrected chi connectivity index (χ0v) is 17.3. The van der Waals surface area contributed by atoms with E-state index in [0.717, 1.165) is 11.3 Å². The molecule has 0 saturated carbocycles. The molecule has 0 aliphatic carbocycles. The molecule has 3 aromatic rings. The van der Waals surface area contributed by atoms with Gasteiger partial charge in [0, 0.05) is 6.54 Å². The molecule has 9 heteroatoms. The van der Waals surface area contributed by atoms with Gasteiger partial charge in [-0.3, -0.25) is 4.79 Å². The molecule has 3 rings (SSSR count). The summed E-state index contributed by atoms with van der Waals surface area (Å²) in [6.07, 6.45) is 0.686. The van der Waals surface area contributed by atoms with Crippen molar-refractivity contribution in [3.63, 3.8) is 0 Å². The molecule has 0 fully saturated rings. The summed E-state index contributed by atoms with van der Waals surface area (Å²) in [4.78, 5) is 12.5. The lowest BCUT2D eigenvalue weighted by Crippen LogP contribution is -2.32. The van der Waals surface area contributed by atoms with Gasteiger partial charge in [0.1, 0.15) is 0 Å². The molecule has 0 radical (unpaired) electrons. The first-order valence-corrected chi connectivity index (χ1v) is 9.99. The third-order valence-corrected chi connectivity index (χ3v) is 5.29. The second-order valence-corrected chi connectivity index (χ2v) is 7.51. The van der Waals surface area contributed by atoms with Crippen molar-refractivity contribution in [2.24, 2.45) is 0 Å². The van der Waals surface area contributed by atoms with Gasteiger partial charge in [0.05, 0.1) is 25.2 Å². The number of hydrogen-bond donors (Lipinski definition) is 1. The molecular formula is C20H23N5O3S. The fourth-order valence-corrected chi connectivity index (χ4v) is 3.54. The van der Waals surface area contributed by atoms with Crippen molar-refractivity contribution in [1.82, 2.24) is 25.5 Å². The van der Waals surface area contributed by atoms with E-state index < -0.39 is 0 Å². The van der Waals surface area contributed by atoms with Crippen LogP contribution in [0.25, 0.3) is 5.69 Å². The van der Waals surface area contributed by atoms with Gasteiger partial charge in [0.15, 0.2) is 11.5 Å². The number of methoxy groups -OCH3 is 2. The highest BCUT2D eigenvalue weighted by atomic mass is 32.2. The number of nitrogens with zero attached hydrogens (tertiary/aromatic N) is 4. The van der Waals surface area contributed by atoms with Gasteiger partial charge >= 0.3 is 0 Å². The summed E-state index contributed by atoms with van der Waals surface area (Å²) in [5.41, 5.74) is 1.90. The summed E-state index contributed by atoms with van der Waals surface area (Å²) in [6.45, 7) is 2.35. The number of nitrogens with one attached hydrogen (secondary N) is 1. The lowest BCUT2D eigenvalue weighted by atomic mass is 10.1. The van der Waals surface area contributed by atoms with Crippen molar-refractivity contribution < 1.29 is 14.3 Å². The number of amides is 1. The van der Waals surface area contributed by atoms with E-state index in [1.165, 1.54) is 11.8 Å². The van der Waals surface area contributed by atoms with Crippen molar-refractivity contribution in [1.29, 1.82) is 0 Å². The largest absolute Gasteiger partial charge is 0.493 e. The summed E-state index contributed by atoms with van der Waals surface area (Å²) in [7, 11) is 3.20. The van der Waals surface area contributed by atoms with E-state index in [0.29, 0.717) is 29.6 Å². The summed E-state index contributed by atoms with van der Waals surface area (Å²) >= 11 is 1.32. The molecule has 8 nitrogen and oxygen atoms in total. The molecule has 0 bridgehead atoms. The molecule has 0 aliphatic rings. The Morgan fingerprint density at radius 3 is 2.62 bits per heavy atom. The van der Waals surface area contributed by atoms with E-state index in [9.17, 15) is 4.79 Å². The van der Waals surface area contributed by atoms with Crippen LogP contribution in [-0.4, -0.2) is 52.1 Å². The summed E-state index contributed by atoms with van der Waals surface area (Å²) in [5, 5.41) is 15.0. The van der Waals surface area contributed by atoms with E-state index >= 15 is 0 Å². The highest BCUT2D eigenvalue weighted by Gasteiger charge is 2.19. The molecular weight excluding hydrogens is 390 g/mol. The second-order valence-electron chi connectivity index (χ2n) is 6.20. The Morgan fingerprint density at radius 1 is 1.14 bits per heavy atom. The average molecular weight is 414 g/mol. The molecule has 0 unspecified atom stereocenters. The van der Waals surface area contributed by atoms with E-state index in [2.05, 4.69) is 20.8 Å². The molecule has 1 aromatic heterocycles. The molecule has 1 atom stereocenters. The first kappa shape index (κ1) is 20.7. The van der Waals surface area contributed by atoms with Crippen LogP contribution >= 0.6 is 11.8 Å². The normalized spacial score (nSPS) is 11.7. The fraction of sp³-hybridized carbons (Fsp3) is 0.300. The first-order chi connectivity index (χ1) is 14.1. The Balaban J connectivity index is 1.54. The standard InChI is InChI=1S/C20H23N5O3S/c1-14(29-20-22-23-24-25(20)16-7-5-4-6-8-16)19(26)21-12-11-15-9-10-17(27-2)18(13-15)28-3/h4-10,13-14H,11-12H2,1-3H3,(H,21,26)/t14-/m1/s1. The van der Waals surface area contributed by atoms with Gasteiger partial charge in [-0.25, -0.2) is 0 Å². The van der Waals surface area contributed by atoms with Gasteiger partial charge in [-0.05, 0) is 53.6 Å². The number of benzene rings is 2. The number of carbonyl (C=O) groups excluding carboxylic acids is 1. The third kappa shape index (κ3) is 5.26. The fourth-order valence-electron chi connectivity index (χ4n) is 2.71. The van der Waals surface area contributed by atoms with Crippen molar-refractivity contribution in [2.45, 2.75) is 23.8 Å². The molecule has 1 heterocycles. The Labute approximate surface area is 173 Å². The number of hydrogen-bond acceptors (Lipinski definition) is 7. The van der Waals surface area contributed by atoms with Crippen LogP contribution in [0.5, 0.6) is 11.5 Å². The molecule has 0 saturated heterocycles. The van der Waals surface area contributed by atoms with Gasteiger partial charge in [0.25, 0.3) is 0 Å². The Hall–Kier alpha value is -3.07. The van der Waals surface area contributed by atoms with Gasteiger partial charge < -0.3 is 14.8 Å². The number of tetrazole rings is 1. The summed E-state index contributed by atoms with van der Waals surface area (Å²) in [6, 6.07) is 15.3. The predicted octanol–water partition coefficient (Wildman–Crippen LogP) is 2.52. The number of rotatable bonds is 9. The van der Waals surface area contributed by atoms with Crippen LogP contribution < -0.4 is 14.8 Å². The smallest absolute Gasteiger partial charge is 0.233 e. The Bertz CT molecular complexity index is 948. The number of carbonyl (C=O) groups is 1. The van der Waals surface area contributed by atoms with Crippen LogP contribution in [0, 0.1) is 0 Å². The summed E-state index contributed by atoms with van der Waals surface area (Å²) in [5.74, 6) is 1.28. The molecule has 1 N–H and O–H groups in total. The minimum absolute atomic E-state index is 0.0712. The van der Waals surface area contributed by atoms with Gasteiger partial charge in [0.2, 0.25) is 11.1 Å². The maximum absolute atomic E-state index is 12.5. The number of para-hydroxylation sites is 1. The monoisotopic (exact) mass is 413 g/mol. The maximum Gasteiger partial charge on any atom is 0.233 e. The molecule has 29 heavy (non-hydrogen) atoms. The quantitative estimate of drug-likeness (QED) is 0.539. The first-order valence-electron chi connectivity index (χ1n) is 9.11. The Kier molecular flexibility index (Phi) is 7.07. The van der Waals surface area contributed by atoms with Crippen LogP contribution in [0.2, 0.25) is 0 Å². The summed E-state index contributed by atoms with van der Waals surface area (Å²) < 4.78 is 12.2. The van der Waals surface area contributed by atoms with Crippen LogP contribution in [0.15, 0.2) is 53.7 Å². The minimum atomic E-state index is -0.339. The average Bonchev–Trinajstić information content (AvgIpc) is 3.22.